The van der Waals surface area contributed by atoms with E-state index in [0.717, 1.165) is 30.8 Å². The molecule has 0 radical (unpaired) electrons. The summed E-state index contributed by atoms with van der Waals surface area (Å²) in [5.74, 6) is 1.72. The van der Waals surface area contributed by atoms with Crippen molar-refractivity contribution >= 4 is 29.1 Å². The van der Waals surface area contributed by atoms with Gasteiger partial charge in [0.1, 0.15) is 5.75 Å². The predicted octanol–water partition coefficient (Wildman–Crippen LogP) is 2.95. The van der Waals surface area contributed by atoms with E-state index in [-0.39, 0.29) is 0 Å². The summed E-state index contributed by atoms with van der Waals surface area (Å²) in [7, 11) is 5.69. The molecule has 1 aromatic heterocycles. The molecule has 1 heterocycles. The molecule has 0 bridgehead atoms. The van der Waals surface area contributed by atoms with E-state index in [0.29, 0.717) is 22.5 Å². The highest BCUT2D eigenvalue weighted by molar-refractivity contribution is 6.31. The maximum absolute atomic E-state index is 6.13. The molecule has 0 fully saturated rings. The number of anilines is 3. The number of nitrogens with zero attached hydrogens (tertiary/aromatic N) is 4. The average Bonchev–Trinajstić information content (AvgIpc) is 2.55. The molecule has 2 rings (SSSR count). The Morgan fingerprint density at radius 1 is 1.29 bits per heavy atom. The molecule has 2 aromatic rings. The van der Waals surface area contributed by atoms with Crippen molar-refractivity contribution in [2.75, 3.05) is 44.9 Å². The molecular weight excluding hydrogens is 328 g/mol. The lowest BCUT2D eigenvalue weighted by Gasteiger charge is -2.13. The zero-order valence-corrected chi connectivity index (χ0v) is 15.2. The van der Waals surface area contributed by atoms with Crippen LogP contribution in [0.25, 0.3) is 0 Å². The Balaban J connectivity index is 2.05. The number of benzene rings is 1. The fourth-order valence-electron chi connectivity index (χ4n) is 2.10. The van der Waals surface area contributed by atoms with E-state index >= 15 is 0 Å². The molecule has 0 spiro atoms. The van der Waals surface area contributed by atoms with E-state index in [4.69, 9.17) is 16.3 Å². The third kappa shape index (κ3) is 5.21. The summed E-state index contributed by atoms with van der Waals surface area (Å²) in [4.78, 5) is 6.55. The highest BCUT2D eigenvalue weighted by Gasteiger charge is 2.09. The van der Waals surface area contributed by atoms with Gasteiger partial charge >= 0.3 is 0 Å². The second-order valence-corrected chi connectivity index (χ2v) is 6.08. The molecule has 0 aliphatic carbocycles. The van der Waals surface area contributed by atoms with Gasteiger partial charge in [-0.3, -0.25) is 0 Å². The average molecular weight is 351 g/mol. The number of ether oxygens (including phenoxy) is 1. The zero-order chi connectivity index (χ0) is 17.5. The van der Waals surface area contributed by atoms with E-state index in [1.807, 2.05) is 27.1 Å². The van der Waals surface area contributed by atoms with Crippen LogP contribution in [0.3, 0.4) is 0 Å². The summed E-state index contributed by atoms with van der Waals surface area (Å²) in [6.07, 6.45) is 2.56. The van der Waals surface area contributed by atoms with Gasteiger partial charge in [-0.1, -0.05) is 11.6 Å². The molecule has 0 aliphatic rings. The summed E-state index contributed by atoms with van der Waals surface area (Å²) >= 11 is 6.13. The van der Waals surface area contributed by atoms with E-state index in [1.165, 1.54) is 0 Å². The van der Waals surface area contributed by atoms with Crippen molar-refractivity contribution in [2.24, 2.45) is 0 Å². The van der Waals surface area contributed by atoms with Crippen LogP contribution >= 0.6 is 11.6 Å². The van der Waals surface area contributed by atoms with Crippen LogP contribution in [0.15, 0.2) is 18.3 Å². The van der Waals surface area contributed by atoms with Crippen molar-refractivity contribution in [3.63, 3.8) is 0 Å². The number of methoxy groups -OCH3 is 1. The van der Waals surface area contributed by atoms with E-state index in [9.17, 15) is 0 Å². The summed E-state index contributed by atoms with van der Waals surface area (Å²) < 4.78 is 5.35. The molecule has 0 aliphatic heterocycles. The minimum absolute atomic E-state index is 0.489. The van der Waals surface area contributed by atoms with E-state index < -0.39 is 0 Å². The smallest absolute Gasteiger partial charge is 0.244 e. The highest BCUT2D eigenvalue weighted by atomic mass is 35.5. The lowest BCUT2D eigenvalue weighted by Crippen LogP contribution is -2.17. The number of rotatable bonds is 8. The van der Waals surface area contributed by atoms with Gasteiger partial charge in [-0.15, -0.1) is 5.10 Å². The molecule has 2 N–H and O–H groups in total. The topological polar surface area (TPSA) is 75.2 Å². The first-order chi connectivity index (χ1) is 11.5. The first-order valence-electron chi connectivity index (χ1n) is 7.69. The second-order valence-electron chi connectivity index (χ2n) is 5.68. The minimum atomic E-state index is 0.489. The van der Waals surface area contributed by atoms with Crippen molar-refractivity contribution < 1.29 is 4.74 Å². The largest absolute Gasteiger partial charge is 0.495 e. The Morgan fingerprint density at radius 3 is 2.79 bits per heavy atom. The molecule has 0 unspecified atom stereocenters. The van der Waals surface area contributed by atoms with E-state index in [2.05, 4.69) is 30.7 Å². The number of halogens is 1. The monoisotopic (exact) mass is 350 g/mol. The van der Waals surface area contributed by atoms with Crippen molar-refractivity contribution in [1.82, 2.24) is 20.1 Å². The fraction of sp³-hybridized carbons (Fsp3) is 0.438. The van der Waals surface area contributed by atoms with Gasteiger partial charge in [-0.2, -0.15) is 10.1 Å². The zero-order valence-electron chi connectivity index (χ0n) is 14.4. The number of aromatic nitrogens is 3. The van der Waals surface area contributed by atoms with Gasteiger partial charge in [0.05, 0.1) is 19.0 Å². The van der Waals surface area contributed by atoms with Crippen molar-refractivity contribution in [3.05, 3.63) is 28.9 Å². The Bertz CT molecular complexity index is 680. The third-order valence-corrected chi connectivity index (χ3v) is 3.77. The molecule has 8 heteroatoms. The standard InChI is InChI=1S/C16H23ClN6O/c1-11-8-13(14(24-4)9-12(11)17)20-15-10-19-22-16(21-15)18-6-5-7-23(2)3/h8-10H,5-7H2,1-4H3,(H2,18,20,21,22). The summed E-state index contributed by atoms with van der Waals surface area (Å²) in [5.41, 5.74) is 1.72. The Morgan fingerprint density at radius 2 is 2.08 bits per heavy atom. The molecular formula is C16H23ClN6O. The Hall–Kier alpha value is -2.12. The second kappa shape index (κ2) is 8.65. The molecule has 0 saturated heterocycles. The molecule has 7 nitrogen and oxygen atoms in total. The van der Waals surface area contributed by atoms with Crippen LogP contribution in [0.1, 0.15) is 12.0 Å². The lowest BCUT2D eigenvalue weighted by molar-refractivity contribution is 0.405. The van der Waals surface area contributed by atoms with Crippen molar-refractivity contribution in [2.45, 2.75) is 13.3 Å². The van der Waals surface area contributed by atoms with Crippen molar-refractivity contribution in [3.8, 4) is 5.75 Å². The first kappa shape index (κ1) is 18.2. The van der Waals surface area contributed by atoms with Gasteiger partial charge in [0.2, 0.25) is 5.95 Å². The van der Waals surface area contributed by atoms with Crippen LogP contribution in [0.5, 0.6) is 5.75 Å². The van der Waals surface area contributed by atoms with Gasteiger partial charge in [0.25, 0.3) is 0 Å². The molecule has 0 saturated carbocycles. The summed E-state index contributed by atoms with van der Waals surface area (Å²) in [6, 6.07) is 3.68. The Kier molecular flexibility index (Phi) is 6.57. The maximum atomic E-state index is 6.13. The van der Waals surface area contributed by atoms with Gasteiger partial charge in [0, 0.05) is 17.6 Å². The number of nitrogens with one attached hydrogen (secondary N) is 2. The van der Waals surface area contributed by atoms with Crippen LogP contribution in [0, 0.1) is 6.92 Å². The Labute approximate surface area is 147 Å². The number of aryl methyl sites for hydroxylation is 1. The van der Waals surface area contributed by atoms with Gasteiger partial charge < -0.3 is 20.3 Å². The quantitative estimate of drug-likeness (QED) is 0.709. The molecule has 0 atom stereocenters. The van der Waals surface area contributed by atoms with Gasteiger partial charge in [-0.25, -0.2) is 0 Å². The minimum Gasteiger partial charge on any atom is -0.495 e. The van der Waals surface area contributed by atoms with E-state index in [1.54, 1.807) is 19.4 Å². The third-order valence-electron chi connectivity index (χ3n) is 3.37. The van der Waals surface area contributed by atoms with Crippen LogP contribution in [0.2, 0.25) is 5.02 Å². The SMILES string of the molecule is COc1cc(Cl)c(C)cc1Nc1cnnc(NCCCN(C)C)n1. The highest BCUT2D eigenvalue weighted by Crippen LogP contribution is 2.32. The first-order valence-corrected chi connectivity index (χ1v) is 8.07. The van der Waals surface area contributed by atoms with Crippen LogP contribution in [-0.2, 0) is 0 Å². The number of hydrogen-bond donors (Lipinski definition) is 2. The molecule has 1 aromatic carbocycles. The van der Waals surface area contributed by atoms with Crippen molar-refractivity contribution in [1.29, 1.82) is 0 Å². The van der Waals surface area contributed by atoms with Crippen LogP contribution < -0.4 is 15.4 Å². The van der Waals surface area contributed by atoms with Gasteiger partial charge in [0.15, 0.2) is 5.82 Å². The lowest BCUT2D eigenvalue weighted by atomic mass is 10.2. The molecule has 24 heavy (non-hydrogen) atoms. The predicted molar refractivity (Wildman–Crippen MR) is 97.5 cm³/mol. The summed E-state index contributed by atoms with van der Waals surface area (Å²) in [5, 5.41) is 15.0. The molecule has 0 amide bonds. The summed E-state index contributed by atoms with van der Waals surface area (Å²) in [6.45, 7) is 3.72. The number of hydrogen-bond acceptors (Lipinski definition) is 7. The van der Waals surface area contributed by atoms with Crippen LogP contribution in [0.4, 0.5) is 17.5 Å². The molecule has 130 valence electrons. The maximum Gasteiger partial charge on any atom is 0.244 e. The van der Waals surface area contributed by atoms with Crippen LogP contribution in [-0.4, -0.2) is 54.4 Å². The normalized spacial score (nSPS) is 10.8. The fourth-order valence-corrected chi connectivity index (χ4v) is 2.26. The van der Waals surface area contributed by atoms with Gasteiger partial charge in [-0.05, 0) is 45.6 Å².